The normalized spacial score (nSPS) is 11.7. The number of rotatable bonds is 7. The first-order valence-corrected chi connectivity index (χ1v) is 22.2. The Labute approximate surface area is 376 Å². The number of anilines is 3. The molecule has 0 saturated carbocycles. The number of hydrogen-bond donors (Lipinski definition) is 0. The topological polar surface area (TPSA) is 21.3 Å². The van der Waals surface area contributed by atoms with Gasteiger partial charge in [-0.25, -0.2) is 0 Å². The van der Waals surface area contributed by atoms with E-state index in [0.29, 0.717) is 0 Å². The van der Waals surface area contributed by atoms with Crippen molar-refractivity contribution in [2.75, 3.05) is 4.90 Å². The summed E-state index contributed by atoms with van der Waals surface area (Å²) in [4.78, 5) is 2.37. The third kappa shape index (κ3) is 6.20. The number of para-hydroxylation sites is 3. The fourth-order valence-corrected chi connectivity index (χ4v) is 10.1. The minimum absolute atomic E-state index is 0.909. The molecule has 0 atom stereocenters. The maximum Gasteiger partial charge on any atom is 0.136 e. The third-order valence-electron chi connectivity index (χ3n) is 13.2. The summed E-state index contributed by atoms with van der Waals surface area (Å²) in [5, 5.41) is 9.79. The average Bonchev–Trinajstić information content (AvgIpc) is 3.93. The van der Waals surface area contributed by atoms with Crippen molar-refractivity contribution in [3.05, 3.63) is 243 Å². The summed E-state index contributed by atoms with van der Waals surface area (Å²) in [6.07, 6.45) is 0. The summed E-state index contributed by atoms with van der Waals surface area (Å²) in [7, 11) is 0. The van der Waals surface area contributed by atoms with E-state index in [1.165, 1.54) is 65.6 Å². The van der Waals surface area contributed by atoms with Gasteiger partial charge in [0.1, 0.15) is 11.2 Å². The molecule has 13 aromatic rings. The highest BCUT2D eigenvalue weighted by Crippen LogP contribution is 2.41. The third-order valence-corrected chi connectivity index (χ3v) is 13.2. The molecule has 0 aliphatic rings. The van der Waals surface area contributed by atoms with E-state index in [2.05, 4.69) is 240 Å². The highest BCUT2D eigenvalue weighted by Gasteiger charge is 2.17. The Morgan fingerprint density at radius 3 is 1.55 bits per heavy atom. The molecule has 304 valence electrons. The largest absolute Gasteiger partial charge is 0.456 e. The fourth-order valence-electron chi connectivity index (χ4n) is 10.1. The first kappa shape index (κ1) is 36.9. The molecule has 13 rings (SSSR count). The van der Waals surface area contributed by atoms with E-state index in [1.54, 1.807) is 0 Å². The average molecular weight is 829 g/mol. The molecule has 0 saturated heterocycles. The van der Waals surface area contributed by atoms with Crippen molar-refractivity contribution < 1.29 is 4.42 Å². The van der Waals surface area contributed by atoms with Crippen molar-refractivity contribution in [3.8, 4) is 39.1 Å². The summed E-state index contributed by atoms with van der Waals surface area (Å²) in [5.41, 5.74) is 15.7. The molecule has 0 N–H and O–H groups in total. The molecule has 3 nitrogen and oxygen atoms in total. The van der Waals surface area contributed by atoms with Crippen molar-refractivity contribution in [1.29, 1.82) is 0 Å². The van der Waals surface area contributed by atoms with Crippen LogP contribution in [0, 0.1) is 0 Å². The number of benzene rings is 11. The predicted molar refractivity (Wildman–Crippen MR) is 274 cm³/mol. The lowest BCUT2D eigenvalue weighted by molar-refractivity contribution is 0.669. The SMILES string of the molecule is c1cc(-c2ccc(N(c3ccc(-c4ccc(-c5cccc6oc7ccccc7c56)cc4)cc3)c3ccc4c(ccc5ccccc54)c3)cc2)cc(-n2c3ccccc3c3ccccc32)c1. The van der Waals surface area contributed by atoms with Gasteiger partial charge in [-0.2, -0.15) is 0 Å². The second kappa shape index (κ2) is 15.0. The molecule has 2 aromatic heterocycles. The van der Waals surface area contributed by atoms with Gasteiger partial charge in [-0.05, 0) is 128 Å². The van der Waals surface area contributed by atoms with Crippen LogP contribution >= 0.6 is 0 Å². The van der Waals surface area contributed by atoms with E-state index in [1.807, 2.05) is 12.1 Å². The molecule has 2 heterocycles. The first-order valence-electron chi connectivity index (χ1n) is 22.2. The molecule has 0 fully saturated rings. The van der Waals surface area contributed by atoms with Gasteiger partial charge in [0.05, 0.1) is 11.0 Å². The van der Waals surface area contributed by atoms with Crippen LogP contribution in [0.2, 0.25) is 0 Å². The second-order valence-electron chi connectivity index (χ2n) is 16.9. The van der Waals surface area contributed by atoms with Gasteiger partial charge in [0.25, 0.3) is 0 Å². The Morgan fingerprint density at radius 2 is 0.831 bits per heavy atom. The minimum Gasteiger partial charge on any atom is -0.456 e. The van der Waals surface area contributed by atoms with Gasteiger partial charge in [-0.1, -0.05) is 170 Å². The Bertz CT molecular complexity index is 3880. The maximum absolute atomic E-state index is 6.20. The van der Waals surface area contributed by atoms with Gasteiger partial charge in [-0.3, -0.25) is 0 Å². The van der Waals surface area contributed by atoms with Gasteiger partial charge in [0, 0.05) is 44.3 Å². The highest BCUT2D eigenvalue weighted by molar-refractivity contribution is 6.13. The Morgan fingerprint density at radius 1 is 0.308 bits per heavy atom. The van der Waals surface area contributed by atoms with Crippen molar-refractivity contribution in [3.63, 3.8) is 0 Å². The standard InChI is InChI=1S/C62H40N2O/c1-2-14-52-44(11-1)27-28-47-40-51(37-38-53(47)52)63(48-33-29-42(30-34-48)41-23-25-45(26-24-41)54-18-10-22-61-62(54)57-17-5-8-21-60(57)65-61)49-35-31-43(32-36-49)46-12-9-13-50(39-46)64-58-19-6-3-15-55(58)56-16-4-7-20-59(56)64/h1-40H. The molecule has 3 heteroatoms. The maximum atomic E-state index is 6.20. The van der Waals surface area contributed by atoms with Crippen LogP contribution in [0.15, 0.2) is 247 Å². The number of hydrogen-bond acceptors (Lipinski definition) is 2. The lowest BCUT2D eigenvalue weighted by Gasteiger charge is -2.26. The Hall–Kier alpha value is -8.66. The summed E-state index contributed by atoms with van der Waals surface area (Å²) in [6, 6.07) is 87.7. The van der Waals surface area contributed by atoms with Crippen LogP contribution < -0.4 is 4.90 Å². The van der Waals surface area contributed by atoms with E-state index in [-0.39, 0.29) is 0 Å². The van der Waals surface area contributed by atoms with Crippen molar-refractivity contribution in [1.82, 2.24) is 4.57 Å². The zero-order valence-electron chi connectivity index (χ0n) is 35.4. The lowest BCUT2D eigenvalue weighted by Crippen LogP contribution is -2.09. The van der Waals surface area contributed by atoms with E-state index >= 15 is 0 Å². The molecule has 0 unspecified atom stereocenters. The second-order valence-corrected chi connectivity index (χ2v) is 16.9. The summed E-state index contributed by atoms with van der Waals surface area (Å²) in [6.45, 7) is 0. The van der Waals surface area contributed by atoms with E-state index < -0.39 is 0 Å². The molecule has 0 amide bonds. The quantitative estimate of drug-likeness (QED) is 0.149. The van der Waals surface area contributed by atoms with Crippen LogP contribution in [0.25, 0.3) is 104 Å². The van der Waals surface area contributed by atoms with Crippen molar-refractivity contribution in [2.24, 2.45) is 0 Å². The molecule has 0 bridgehead atoms. The summed E-state index contributed by atoms with van der Waals surface area (Å²) in [5.74, 6) is 0. The van der Waals surface area contributed by atoms with Crippen LogP contribution in [0.5, 0.6) is 0 Å². The van der Waals surface area contributed by atoms with Crippen molar-refractivity contribution in [2.45, 2.75) is 0 Å². The molecule has 65 heavy (non-hydrogen) atoms. The summed E-state index contributed by atoms with van der Waals surface area (Å²) >= 11 is 0. The van der Waals surface area contributed by atoms with E-state index in [0.717, 1.165) is 55.8 Å². The van der Waals surface area contributed by atoms with Gasteiger partial charge in [0.15, 0.2) is 0 Å². The zero-order chi connectivity index (χ0) is 42.8. The highest BCUT2D eigenvalue weighted by atomic mass is 16.3. The molecule has 0 aliphatic heterocycles. The number of nitrogens with zero attached hydrogens (tertiary/aromatic N) is 2. The predicted octanol–water partition coefficient (Wildman–Crippen LogP) is 17.5. The molecule has 0 spiro atoms. The van der Waals surface area contributed by atoms with Crippen LogP contribution in [-0.4, -0.2) is 4.57 Å². The lowest BCUT2D eigenvalue weighted by atomic mass is 9.97. The Balaban J connectivity index is 0.864. The minimum atomic E-state index is 0.909. The molecule has 11 aromatic carbocycles. The van der Waals surface area contributed by atoms with E-state index in [9.17, 15) is 0 Å². The van der Waals surface area contributed by atoms with Gasteiger partial charge < -0.3 is 13.9 Å². The van der Waals surface area contributed by atoms with Crippen molar-refractivity contribution >= 4 is 82.4 Å². The van der Waals surface area contributed by atoms with Crippen LogP contribution in [-0.2, 0) is 0 Å². The first-order chi connectivity index (χ1) is 32.2. The smallest absolute Gasteiger partial charge is 0.136 e. The molecule has 0 radical (unpaired) electrons. The molecular weight excluding hydrogens is 789 g/mol. The fraction of sp³-hybridized carbons (Fsp3) is 0. The van der Waals surface area contributed by atoms with Gasteiger partial charge in [-0.15, -0.1) is 0 Å². The van der Waals surface area contributed by atoms with Crippen LogP contribution in [0.4, 0.5) is 17.1 Å². The van der Waals surface area contributed by atoms with Crippen LogP contribution in [0.1, 0.15) is 0 Å². The Kier molecular flexibility index (Phi) is 8.53. The van der Waals surface area contributed by atoms with Crippen LogP contribution in [0.3, 0.4) is 0 Å². The summed E-state index contributed by atoms with van der Waals surface area (Å²) < 4.78 is 8.59. The molecule has 0 aliphatic carbocycles. The number of aromatic nitrogens is 1. The monoisotopic (exact) mass is 828 g/mol. The van der Waals surface area contributed by atoms with Gasteiger partial charge in [0.2, 0.25) is 0 Å². The number of furan rings is 1. The molecular formula is C62H40N2O. The van der Waals surface area contributed by atoms with Gasteiger partial charge >= 0.3 is 0 Å². The van der Waals surface area contributed by atoms with E-state index in [4.69, 9.17) is 4.42 Å². The zero-order valence-corrected chi connectivity index (χ0v) is 35.4. The number of fused-ring (bicyclic) bond motifs is 9.